The van der Waals surface area contributed by atoms with Crippen LogP contribution in [-0.4, -0.2) is 15.5 Å². The normalized spacial score (nSPS) is 11.2. The van der Waals surface area contributed by atoms with Gasteiger partial charge >= 0.3 is 11.7 Å². The first kappa shape index (κ1) is 19.6. The molecule has 4 aromatic rings. The molecular formula is C23H18N2O4S. The van der Waals surface area contributed by atoms with Crippen molar-refractivity contribution in [1.29, 1.82) is 0 Å². The highest BCUT2D eigenvalue weighted by Gasteiger charge is 2.15. The largest absolute Gasteiger partial charge is 0.457 e. The zero-order chi connectivity index (χ0) is 21.1. The summed E-state index contributed by atoms with van der Waals surface area (Å²) in [6, 6.07) is 19.2. The number of esters is 1. The van der Waals surface area contributed by atoms with Crippen molar-refractivity contribution in [2.75, 3.05) is 0 Å². The molecule has 30 heavy (non-hydrogen) atoms. The fourth-order valence-corrected chi connectivity index (χ4v) is 3.83. The van der Waals surface area contributed by atoms with E-state index in [1.54, 1.807) is 0 Å². The van der Waals surface area contributed by atoms with E-state index in [4.69, 9.17) is 4.74 Å². The fourth-order valence-electron chi connectivity index (χ4n) is 2.90. The number of benzene rings is 2. The molecule has 0 bridgehead atoms. The Kier molecular flexibility index (Phi) is 5.45. The lowest BCUT2D eigenvalue weighted by Crippen LogP contribution is -2.31. The number of nitrogens with one attached hydrogen (secondary N) is 1. The lowest BCUT2D eigenvalue weighted by atomic mass is 10.1. The van der Waals surface area contributed by atoms with Crippen LogP contribution in [0.15, 0.2) is 70.3 Å². The highest BCUT2D eigenvalue weighted by molar-refractivity contribution is 7.20. The first-order chi connectivity index (χ1) is 14.5. The number of hydrogen-bond acceptors (Lipinski definition) is 5. The summed E-state index contributed by atoms with van der Waals surface area (Å²) in [5, 5.41) is 0.295. The van der Waals surface area contributed by atoms with E-state index in [1.165, 1.54) is 13.1 Å². The zero-order valence-corrected chi connectivity index (χ0v) is 16.9. The van der Waals surface area contributed by atoms with E-state index in [0.29, 0.717) is 10.2 Å². The van der Waals surface area contributed by atoms with Crippen molar-refractivity contribution in [1.82, 2.24) is 9.55 Å². The number of fused-ring (bicyclic) bond motifs is 1. The molecule has 150 valence electrons. The van der Waals surface area contributed by atoms with E-state index < -0.39 is 17.2 Å². The minimum atomic E-state index is -0.535. The standard InChI is InChI=1S/C23H18N2O4S/c1-25-21(26)18-13-19(30-20(18)24-23(25)28)22(27)29-14-17-11-9-16(10-12-17)8-7-15-5-3-2-4-6-15/h2-13H,14H2,1H3,(H,24,28)/b8-7+. The Morgan fingerprint density at radius 2 is 1.70 bits per heavy atom. The van der Waals surface area contributed by atoms with Gasteiger partial charge < -0.3 is 4.74 Å². The van der Waals surface area contributed by atoms with Crippen molar-refractivity contribution in [3.63, 3.8) is 0 Å². The molecule has 0 atom stereocenters. The zero-order valence-electron chi connectivity index (χ0n) is 16.1. The first-order valence-corrected chi connectivity index (χ1v) is 10.0. The molecule has 0 unspecified atom stereocenters. The van der Waals surface area contributed by atoms with Crippen molar-refractivity contribution in [2.45, 2.75) is 6.61 Å². The van der Waals surface area contributed by atoms with E-state index in [2.05, 4.69) is 4.98 Å². The molecule has 2 aromatic heterocycles. The third-order valence-corrected chi connectivity index (χ3v) is 5.64. The van der Waals surface area contributed by atoms with Crippen LogP contribution in [-0.2, 0) is 18.4 Å². The highest BCUT2D eigenvalue weighted by Crippen LogP contribution is 2.21. The summed E-state index contributed by atoms with van der Waals surface area (Å²) in [5.41, 5.74) is 2.05. The molecule has 0 spiro atoms. The smallest absolute Gasteiger partial charge is 0.348 e. The number of aromatic amines is 1. The van der Waals surface area contributed by atoms with Gasteiger partial charge in [-0.25, -0.2) is 9.59 Å². The number of ether oxygens (including phenoxy) is 1. The molecule has 1 N–H and O–H groups in total. The van der Waals surface area contributed by atoms with Crippen LogP contribution in [0.2, 0.25) is 0 Å². The Morgan fingerprint density at radius 1 is 1.03 bits per heavy atom. The molecule has 0 aliphatic carbocycles. The van der Waals surface area contributed by atoms with E-state index in [-0.39, 0.29) is 11.5 Å². The molecule has 0 radical (unpaired) electrons. The molecule has 0 fully saturated rings. The van der Waals surface area contributed by atoms with E-state index >= 15 is 0 Å². The summed E-state index contributed by atoms with van der Waals surface area (Å²) < 4.78 is 6.34. The average molecular weight is 418 g/mol. The van der Waals surface area contributed by atoms with Crippen LogP contribution in [0.3, 0.4) is 0 Å². The van der Waals surface area contributed by atoms with Crippen molar-refractivity contribution < 1.29 is 9.53 Å². The number of carbonyl (C=O) groups excluding carboxylic acids is 1. The molecule has 0 saturated heterocycles. The van der Waals surface area contributed by atoms with Crippen LogP contribution >= 0.6 is 11.3 Å². The Morgan fingerprint density at radius 3 is 2.40 bits per heavy atom. The van der Waals surface area contributed by atoms with Gasteiger partial charge in [0.1, 0.15) is 16.3 Å². The molecule has 7 heteroatoms. The summed E-state index contributed by atoms with van der Waals surface area (Å²) in [6.45, 7) is 0.115. The molecule has 0 aliphatic heterocycles. The lowest BCUT2D eigenvalue weighted by Gasteiger charge is -2.04. The molecule has 0 aliphatic rings. The fraction of sp³-hybridized carbons (Fsp3) is 0.0870. The predicted octanol–water partition coefficient (Wildman–Crippen LogP) is 3.82. The molecule has 6 nitrogen and oxygen atoms in total. The topological polar surface area (TPSA) is 81.2 Å². The van der Waals surface area contributed by atoms with Gasteiger partial charge in [-0.2, -0.15) is 0 Å². The van der Waals surface area contributed by atoms with Gasteiger partial charge in [0.25, 0.3) is 5.56 Å². The second-order valence-corrected chi connectivity index (χ2v) is 7.76. The predicted molar refractivity (Wildman–Crippen MR) is 119 cm³/mol. The van der Waals surface area contributed by atoms with Crippen LogP contribution in [0.1, 0.15) is 26.4 Å². The minimum absolute atomic E-state index is 0.115. The van der Waals surface area contributed by atoms with Gasteiger partial charge in [-0.15, -0.1) is 11.3 Å². The maximum Gasteiger partial charge on any atom is 0.348 e. The Bertz CT molecular complexity index is 1350. The van der Waals surface area contributed by atoms with Gasteiger partial charge in [-0.05, 0) is 22.8 Å². The summed E-state index contributed by atoms with van der Waals surface area (Å²) >= 11 is 1.03. The number of hydrogen-bond donors (Lipinski definition) is 1. The van der Waals surface area contributed by atoms with Gasteiger partial charge in [0, 0.05) is 7.05 Å². The van der Waals surface area contributed by atoms with Gasteiger partial charge in [0.05, 0.1) is 5.39 Å². The van der Waals surface area contributed by atoms with Gasteiger partial charge in [-0.1, -0.05) is 66.7 Å². The average Bonchev–Trinajstić information content (AvgIpc) is 3.20. The maximum atomic E-state index is 12.4. The van der Waals surface area contributed by atoms with Crippen molar-refractivity contribution in [3.8, 4) is 0 Å². The lowest BCUT2D eigenvalue weighted by molar-refractivity contribution is 0.0478. The number of thiophene rings is 1. The van der Waals surface area contributed by atoms with Gasteiger partial charge in [0.2, 0.25) is 0 Å². The Hall–Kier alpha value is -3.71. The maximum absolute atomic E-state index is 12.4. The number of carbonyl (C=O) groups is 1. The molecule has 2 aromatic carbocycles. The molecule has 4 rings (SSSR count). The van der Waals surface area contributed by atoms with Gasteiger partial charge in [0.15, 0.2) is 0 Å². The minimum Gasteiger partial charge on any atom is -0.457 e. The van der Waals surface area contributed by atoms with Crippen molar-refractivity contribution in [3.05, 3.63) is 103 Å². The quantitative estimate of drug-likeness (QED) is 0.395. The third kappa shape index (κ3) is 4.16. The van der Waals surface area contributed by atoms with Crippen LogP contribution in [0, 0.1) is 0 Å². The highest BCUT2D eigenvalue weighted by atomic mass is 32.1. The van der Waals surface area contributed by atoms with Crippen LogP contribution in [0.4, 0.5) is 0 Å². The van der Waals surface area contributed by atoms with Crippen LogP contribution in [0.25, 0.3) is 22.4 Å². The van der Waals surface area contributed by atoms with Crippen molar-refractivity contribution >= 4 is 39.7 Å². The van der Waals surface area contributed by atoms with Gasteiger partial charge in [-0.3, -0.25) is 14.3 Å². The molecule has 2 heterocycles. The number of rotatable bonds is 5. The molecular weight excluding hydrogens is 400 g/mol. The molecule has 0 saturated carbocycles. The second-order valence-electron chi connectivity index (χ2n) is 6.71. The number of H-pyrrole nitrogens is 1. The third-order valence-electron chi connectivity index (χ3n) is 4.61. The van der Waals surface area contributed by atoms with E-state index in [0.717, 1.165) is 32.6 Å². The van der Waals surface area contributed by atoms with E-state index in [1.807, 2.05) is 66.7 Å². The Labute approximate surface area is 175 Å². The van der Waals surface area contributed by atoms with E-state index in [9.17, 15) is 14.4 Å². The summed E-state index contributed by atoms with van der Waals surface area (Å²) in [4.78, 5) is 39.4. The SMILES string of the molecule is Cn1c(=O)[nH]c2sc(C(=O)OCc3ccc(/C=C/c4ccccc4)cc3)cc2c1=O. The Balaban J connectivity index is 1.42. The second kappa shape index (κ2) is 8.34. The van der Waals surface area contributed by atoms with Crippen LogP contribution < -0.4 is 11.2 Å². The molecule has 0 amide bonds. The van der Waals surface area contributed by atoms with Crippen LogP contribution in [0.5, 0.6) is 0 Å². The first-order valence-electron chi connectivity index (χ1n) is 9.23. The summed E-state index contributed by atoms with van der Waals surface area (Å²) in [5.74, 6) is -0.535. The monoisotopic (exact) mass is 418 g/mol. The summed E-state index contributed by atoms with van der Waals surface area (Å²) in [6.07, 6.45) is 4.05. The summed E-state index contributed by atoms with van der Waals surface area (Å²) in [7, 11) is 1.38. The van der Waals surface area contributed by atoms with Crippen molar-refractivity contribution in [2.24, 2.45) is 7.05 Å². The number of nitrogens with zero attached hydrogens (tertiary/aromatic N) is 1. The number of aromatic nitrogens is 2.